The van der Waals surface area contributed by atoms with E-state index < -0.39 is 0 Å². The number of benzene rings is 2. The molecule has 1 saturated heterocycles. The molecule has 1 aliphatic rings. The Bertz CT molecular complexity index is 642. The maximum atomic E-state index is 6.15. The predicted molar refractivity (Wildman–Crippen MR) is 103 cm³/mol. The molecule has 0 bridgehead atoms. The van der Waals surface area contributed by atoms with Gasteiger partial charge in [0.05, 0.1) is 0 Å². The summed E-state index contributed by atoms with van der Waals surface area (Å²) >= 11 is 6.15. The minimum Gasteiger partial charge on any atom is -0.489 e. The number of halogens is 1. The second-order valence-electron chi connectivity index (χ2n) is 6.29. The molecule has 0 amide bonds. The van der Waals surface area contributed by atoms with E-state index in [4.69, 9.17) is 16.3 Å². The number of piperazine rings is 1. The Labute approximate surface area is 155 Å². The normalized spacial score (nSPS) is 15.2. The Hall–Kier alpha value is -1.59. The van der Waals surface area contributed by atoms with Gasteiger partial charge < -0.3 is 15.4 Å². The average Bonchev–Trinajstić information content (AvgIpc) is 2.66. The van der Waals surface area contributed by atoms with Crippen molar-refractivity contribution in [2.75, 3.05) is 39.3 Å². The monoisotopic (exact) mass is 359 g/mol. The zero-order valence-corrected chi connectivity index (χ0v) is 15.3. The number of rotatable bonds is 8. The van der Waals surface area contributed by atoms with Crippen LogP contribution in [-0.2, 0) is 13.2 Å². The van der Waals surface area contributed by atoms with Crippen LogP contribution >= 0.6 is 11.6 Å². The number of hydrogen-bond donors (Lipinski definition) is 2. The van der Waals surface area contributed by atoms with Gasteiger partial charge in [-0.05, 0) is 23.8 Å². The summed E-state index contributed by atoms with van der Waals surface area (Å²) in [5.41, 5.74) is 2.27. The van der Waals surface area contributed by atoms with Crippen molar-refractivity contribution in [2.24, 2.45) is 0 Å². The lowest BCUT2D eigenvalue weighted by Gasteiger charge is -2.27. The summed E-state index contributed by atoms with van der Waals surface area (Å²) < 4.78 is 5.82. The van der Waals surface area contributed by atoms with Crippen molar-refractivity contribution in [3.63, 3.8) is 0 Å². The van der Waals surface area contributed by atoms with E-state index in [1.807, 2.05) is 36.4 Å². The van der Waals surface area contributed by atoms with Gasteiger partial charge in [-0.1, -0.05) is 41.9 Å². The van der Waals surface area contributed by atoms with Gasteiger partial charge in [0, 0.05) is 56.4 Å². The third kappa shape index (κ3) is 6.01. The van der Waals surface area contributed by atoms with Crippen LogP contribution in [0.2, 0.25) is 5.02 Å². The van der Waals surface area contributed by atoms with Crippen LogP contribution in [0.25, 0.3) is 0 Å². The quantitative estimate of drug-likeness (QED) is 0.710. The molecule has 1 fully saturated rings. The first-order chi connectivity index (χ1) is 12.3. The summed E-state index contributed by atoms with van der Waals surface area (Å²) in [7, 11) is 0. The predicted octanol–water partition coefficient (Wildman–Crippen LogP) is 2.91. The molecule has 4 nitrogen and oxygen atoms in total. The third-order valence-electron chi connectivity index (χ3n) is 4.42. The Morgan fingerprint density at radius 2 is 1.80 bits per heavy atom. The molecule has 25 heavy (non-hydrogen) atoms. The Balaban J connectivity index is 1.37. The average molecular weight is 360 g/mol. The van der Waals surface area contributed by atoms with E-state index >= 15 is 0 Å². The van der Waals surface area contributed by atoms with Crippen molar-refractivity contribution in [1.29, 1.82) is 0 Å². The molecule has 0 saturated carbocycles. The van der Waals surface area contributed by atoms with Crippen molar-refractivity contribution in [3.05, 3.63) is 64.7 Å². The second kappa shape index (κ2) is 9.78. The van der Waals surface area contributed by atoms with Crippen LogP contribution in [0.5, 0.6) is 5.75 Å². The molecule has 1 aliphatic heterocycles. The minimum atomic E-state index is 0.488. The zero-order chi connectivity index (χ0) is 17.3. The van der Waals surface area contributed by atoms with E-state index in [-0.39, 0.29) is 0 Å². The molecule has 134 valence electrons. The molecule has 2 N–H and O–H groups in total. The first-order valence-electron chi connectivity index (χ1n) is 8.90. The topological polar surface area (TPSA) is 36.5 Å². The van der Waals surface area contributed by atoms with Crippen molar-refractivity contribution in [3.8, 4) is 5.75 Å². The van der Waals surface area contributed by atoms with E-state index in [2.05, 4.69) is 27.7 Å². The standard InChI is InChI=1S/C20H26ClN3O/c21-20-4-2-1-3-18(20)16-25-19-7-5-17(6-8-19)15-23-11-14-24-12-9-22-10-13-24/h1-8,22-23H,9-16H2. The fraction of sp³-hybridized carbons (Fsp3) is 0.400. The van der Waals surface area contributed by atoms with Crippen molar-refractivity contribution in [2.45, 2.75) is 13.2 Å². The van der Waals surface area contributed by atoms with Gasteiger partial charge in [-0.3, -0.25) is 4.90 Å². The molecule has 0 aliphatic carbocycles. The first kappa shape index (κ1) is 18.2. The molecular formula is C20H26ClN3O. The molecule has 1 heterocycles. The SMILES string of the molecule is Clc1ccccc1COc1ccc(CNCCN2CCNCC2)cc1. The molecule has 3 rings (SSSR count). The van der Waals surface area contributed by atoms with Gasteiger partial charge in [-0.15, -0.1) is 0 Å². The highest BCUT2D eigenvalue weighted by atomic mass is 35.5. The fourth-order valence-corrected chi connectivity index (χ4v) is 3.08. The number of hydrogen-bond acceptors (Lipinski definition) is 4. The maximum absolute atomic E-state index is 6.15. The van der Waals surface area contributed by atoms with E-state index in [1.165, 1.54) is 5.56 Å². The van der Waals surface area contributed by atoms with E-state index in [0.717, 1.165) is 62.1 Å². The summed E-state index contributed by atoms with van der Waals surface area (Å²) in [4.78, 5) is 2.50. The van der Waals surface area contributed by atoms with Gasteiger partial charge >= 0.3 is 0 Å². The lowest BCUT2D eigenvalue weighted by atomic mass is 10.2. The zero-order valence-electron chi connectivity index (χ0n) is 14.5. The molecule has 5 heteroatoms. The molecular weight excluding hydrogens is 334 g/mol. The number of nitrogens with zero attached hydrogens (tertiary/aromatic N) is 1. The van der Waals surface area contributed by atoms with E-state index in [9.17, 15) is 0 Å². The highest BCUT2D eigenvalue weighted by Gasteiger charge is 2.08. The van der Waals surface area contributed by atoms with Gasteiger partial charge in [0.15, 0.2) is 0 Å². The number of nitrogens with one attached hydrogen (secondary N) is 2. The van der Waals surface area contributed by atoms with Crippen molar-refractivity contribution >= 4 is 11.6 Å². The van der Waals surface area contributed by atoms with Crippen LogP contribution in [0.3, 0.4) is 0 Å². The van der Waals surface area contributed by atoms with Crippen LogP contribution in [-0.4, -0.2) is 44.2 Å². The first-order valence-corrected chi connectivity index (χ1v) is 9.28. The lowest BCUT2D eigenvalue weighted by molar-refractivity contribution is 0.241. The molecule has 0 aromatic heterocycles. The van der Waals surface area contributed by atoms with Crippen LogP contribution in [0.1, 0.15) is 11.1 Å². The summed E-state index contributed by atoms with van der Waals surface area (Å²) in [5, 5.41) is 7.64. The largest absolute Gasteiger partial charge is 0.489 e. The summed E-state index contributed by atoms with van der Waals surface area (Å²) in [6.07, 6.45) is 0. The third-order valence-corrected chi connectivity index (χ3v) is 4.79. The Kier molecular flexibility index (Phi) is 7.12. The Morgan fingerprint density at radius 1 is 1.04 bits per heavy atom. The van der Waals surface area contributed by atoms with E-state index in [1.54, 1.807) is 0 Å². The molecule has 0 spiro atoms. The summed E-state index contributed by atoms with van der Waals surface area (Å²) in [6.45, 7) is 8.02. The highest BCUT2D eigenvalue weighted by molar-refractivity contribution is 6.31. The molecule has 2 aromatic rings. The summed E-state index contributed by atoms with van der Waals surface area (Å²) in [6, 6.07) is 16.0. The second-order valence-corrected chi connectivity index (χ2v) is 6.70. The minimum absolute atomic E-state index is 0.488. The molecule has 0 radical (unpaired) electrons. The number of ether oxygens (including phenoxy) is 1. The summed E-state index contributed by atoms with van der Waals surface area (Å²) in [5.74, 6) is 0.865. The highest BCUT2D eigenvalue weighted by Crippen LogP contribution is 2.18. The van der Waals surface area contributed by atoms with Crippen molar-refractivity contribution in [1.82, 2.24) is 15.5 Å². The van der Waals surface area contributed by atoms with Crippen LogP contribution in [0, 0.1) is 0 Å². The maximum Gasteiger partial charge on any atom is 0.119 e. The molecule has 2 aromatic carbocycles. The van der Waals surface area contributed by atoms with Crippen LogP contribution in [0.15, 0.2) is 48.5 Å². The van der Waals surface area contributed by atoms with Gasteiger partial charge in [0.1, 0.15) is 12.4 Å². The van der Waals surface area contributed by atoms with Crippen molar-refractivity contribution < 1.29 is 4.74 Å². The molecule has 0 unspecified atom stereocenters. The fourth-order valence-electron chi connectivity index (χ4n) is 2.88. The van der Waals surface area contributed by atoms with Crippen LogP contribution in [0.4, 0.5) is 0 Å². The lowest BCUT2D eigenvalue weighted by Crippen LogP contribution is -2.45. The van der Waals surface area contributed by atoms with Gasteiger partial charge in [-0.25, -0.2) is 0 Å². The van der Waals surface area contributed by atoms with Gasteiger partial charge in [0.25, 0.3) is 0 Å². The Morgan fingerprint density at radius 3 is 2.56 bits per heavy atom. The molecule has 0 atom stereocenters. The van der Waals surface area contributed by atoms with Crippen LogP contribution < -0.4 is 15.4 Å². The smallest absolute Gasteiger partial charge is 0.119 e. The van der Waals surface area contributed by atoms with E-state index in [0.29, 0.717) is 6.61 Å². The van der Waals surface area contributed by atoms with Gasteiger partial charge in [0.2, 0.25) is 0 Å². The van der Waals surface area contributed by atoms with Gasteiger partial charge in [-0.2, -0.15) is 0 Å².